The highest BCUT2D eigenvalue weighted by Gasteiger charge is 2.14. The van der Waals surface area contributed by atoms with Crippen molar-refractivity contribution < 1.29 is 9.53 Å². The average molecular weight is 269 g/mol. The van der Waals surface area contributed by atoms with Crippen molar-refractivity contribution in [2.24, 2.45) is 0 Å². The number of carbonyl (C=O) groups is 1. The van der Waals surface area contributed by atoms with Crippen LogP contribution in [0.2, 0.25) is 0 Å². The number of nitrogens with zero attached hydrogens (tertiary/aromatic N) is 2. The summed E-state index contributed by atoms with van der Waals surface area (Å²) in [4.78, 5) is 14.9. The van der Waals surface area contributed by atoms with E-state index in [2.05, 4.69) is 10.1 Å². The fourth-order valence-corrected chi connectivity index (χ4v) is 2.21. The van der Waals surface area contributed by atoms with Gasteiger partial charge in [-0.3, -0.25) is 0 Å². The third kappa shape index (κ3) is 2.07. The molecule has 3 aromatic rings. The molecule has 1 N–H and O–H groups in total. The zero-order chi connectivity index (χ0) is 14.1. The van der Waals surface area contributed by atoms with Crippen LogP contribution in [0.4, 0.5) is 0 Å². The second kappa shape index (κ2) is 4.85. The molecule has 0 atom stereocenters. The highest BCUT2D eigenvalue weighted by molar-refractivity contribution is 5.87. The van der Waals surface area contributed by atoms with Gasteiger partial charge in [0.2, 0.25) is 0 Å². The van der Waals surface area contributed by atoms with Crippen molar-refractivity contribution in [3.8, 4) is 5.69 Å². The minimum atomic E-state index is -0.392. The third-order valence-electron chi connectivity index (χ3n) is 3.15. The Balaban J connectivity index is 2.02. The number of hydrogen-bond donors (Lipinski definition) is 1. The lowest BCUT2D eigenvalue weighted by Crippen LogP contribution is -2.06. The van der Waals surface area contributed by atoms with Gasteiger partial charge in [-0.1, -0.05) is 0 Å². The van der Waals surface area contributed by atoms with Gasteiger partial charge in [-0.15, -0.1) is 0 Å². The quantitative estimate of drug-likeness (QED) is 0.744. The van der Waals surface area contributed by atoms with Crippen LogP contribution in [0.5, 0.6) is 0 Å². The van der Waals surface area contributed by atoms with Gasteiger partial charge in [0.1, 0.15) is 0 Å². The van der Waals surface area contributed by atoms with Crippen LogP contribution in [-0.2, 0) is 4.74 Å². The normalized spacial score (nSPS) is 10.9. The highest BCUT2D eigenvalue weighted by atomic mass is 16.5. The van der Waals surface area contributed by atoms with Crippen LogP contribution >= 0.6 is 0 Å². The standard InChI is InChI=1S/C15H15N3O2/c1-3-20-15(19)14-8-10(2)18(17-14)12-4-5-13-11(9-12)6-7-16-13/h4-9,16H,3H2,1-2H3. The number of hydrogen-bond acceptors (Lipinski definition) is 3. The molecule has 0 spiro atoms. The number of ether oxygens (including phenoxy) is 1. The van der Waals surface area contributed by atoms with Gasteiger partial charge in [0.15, 0.2) is 5.69 Å². The van der Waals surface area contributed by atoms with Gasteiger partial charge in [-0.25, -0.2) is 9.48 Å². The van der Waals surface area contributed by atoms with Gasteiger partial charge >= 0.3 is 5.97 Å². The fourth-order valence-electron chi connectivity index (χ4n) is 2.21. The number of H-pyrrole nitrogens is 1. The van der Waals surface area contributed by atoms with Crippen LogP contribution < -0.4 is 0 Å². The first-order chi connectivity index (χ1) is 9.69. The van der Waals surface area contributed by atoms with Gasteiger partial charge in [0.25, 0.3) is 0 Å². The first-order valence-electron chi connectivity index (χ1n) is 6.50. The molecule has 0 aliphatic rings. The summed E-state index contributed by atoms with van der Waals surface area (Å²) >= 11 is 0. The van der Waals surface area contributed by atoms with Crippen molar-refractivity contribution in [1.82, 2.24) is 14.8 Å². The first-order valence-corrected chi connectivity index (χ1v) is 6.50. The Morgan fingerprint density at radius 1 is 1.35 bits per heavy atom. The van der Waals surface area contributed by atoms with Gasteiger partial charge in [-0.2, -0.15) is 5.10 Å². The van der Waals surface area contributed by atoms with E-state index in [4.69, 9.17) is 4.74 Å². The Labute approximate surface area is 116 Å². The molecule has 20 heavy (non-hydrogen) atoms. The zero-order valence-electron chi connectivity index (χ0n) is 11.4. The number of fused-ring (bicyclic) bond motifs is 1. The van der Waals surface area contributed by atoms with Gasteiger partial charge in [0.05, 0.1) is 12.3 Å². The lowest BCUT2D eigenvalue weighted by Gasteiger charge is -2.04. The minimum Gasteiger partial charge on any atom is -0.461 e. The predicted octanol–water partition coefficient (Wildman–Crippen LogP) is 2.84. The molecule has 0 amide bonds. The monoisotopic (exact) mass is 269 g/mol. The van der Waals surface area contributed by atoms with Gasteiger partial charge in [-0.05, 0) is 44.2 Å². The molecule has 5 heteroatoms. The molecule has 0 unspecified atom stereocenters. The molecule has 102 valence electrons. The van der Waals surface area contributed by atoms with Crippen LogP contribution in [0.25, 0.3) is 16.6 Å². The maximum absolute atomic E-state index is 11.7. The Kier molecular flexibility index (Phi) is 3.02. The molecular formula is C15H15N3O2. The van der Waals surface area contributed by atoms with Crippen molar-refractivity contribution in [2.45, 2.75) is 13.8 Å². The van der Waals surface area contributed by atoms with E-state index in [9.17, 15) is 4.79 Å². The van der Waals surface area contributed by atoms with Crippen LogP contribution in [0.1, 0.15) is 23.1 Å². The summed E-state index contributed by atoms with van der Waals surface area (Å²) in [6.45, 7) is 4.04. The first kappa shape index (κ1) is 12.5. The molecule has 5 nitrogen and oxygen atoms in total. The summed E-state index contributed by atoms with van der Waals surface area (Å²) in [7, 11) is 0. The molecule has 0 aliphatic carbocycles. The Bertz CT molecular complexity index is 770. The van der Waals surface area contributed by atoms with Gasteiger partial charge in [0, 0.05) is 22.8 Å². The van der Waals surface area contributed by atoms with Crippen LogP contribution in [0.3, 0.4) is 0 Å². The molecule has 0 saturated carbocycles. The van der Waals surface area contributed by atoms with E-state index in [0.717, 1.165) is 22.3 Å². The number of nitrogens with one attached hydrogen (secondary N) is 1. The molecule has 0 aliphatic heterocycles. The van der Waals surface area contributed by atoms with E-state index in [1.165, 1.54) is 0 Å². The Morgan fingerprint density at radius 2 is 2.20 bits per heavy atom. The maximum atomic E-state index is 11.7. The van der Waals surface area contributed by atoms with Crippen LogP contribution in [-0.4, -0.2) is 27.3 Å². The topological polar surface area (TPSA) is 59.9 Å². The van der Waals surface area contributed by atoms with Crippen molar-refractivity contribution >= 4 is 16.9 Å². The SMILES string of the molecule is CCOC(=O)c1cc(C)n(-c2ccc3[nH]ccc3c2)n1. The lowest BCUT2D eigenvalue weighted by molar-refractivity contribution is 0.0519. The number of aromatic nitrogens is 3. The summed E-state index contributed by atoms with van der Waals surface area (Å²) in [5, 5.41) is 5.43. The largest absolute Gasteiger partial charge is 0.461 e. The van der Waals surface area contributed by atoms with Crippen molar-refractivity contribution in [3.63, 3.8) is 0 Å². The number of aromatic amines is 1. The molecule has 2 heterocycles. The van der Waals surface area contributed by atoms with E-state index in [-0.39, 0.29) is 0 Å². The lowest BCUT2D eigenvalue weighted by atomic mass is 10.2. The molecular weight excluding hydrogens is 254 g/mol. The maximum Gasteiger partial charge on any atom is 0.358 e. The van der Waals surface area contributed by atoms with Crippen molar-refractivity contribution in [3.05, 3.63) is 47.9 Å². The van der Waals surface area contributed by atoms with E-state index in [1.807, 2.05) is 37.4 Å². The predicted molar refractivity (Wildman–Crippen MR) is 76.1 cm³/mol. The summed E-state index contributed by atoms with van der Waals surface area (Å²) in [6.07, 6.45) is 1.90. The summed E-state index contributed by atoms with van der Waals surface area (Å²) in [5.74, 6) is -0.392. The number of carbonyl (C=O) groups excluding carboxylic acids is 1. The summed E-state index contributed by atoms with van der Waals surface area (Å²) in [5.41, 5.74) is 3.22. The van der Waals surface area contributed by atoms with Crippen LogP contribution in [0.15, 0.2) is 36.5 Å². The second-order valence-electron chi connectivity index (χ2n) is 4.55. The molecule has 2 aromatic heterocycles. The minimum absolute atomic E-state index is 0.332. The molecule has 3 rings (SSSR count). The van der Waals surface area contributed by atoms with Crippen molar-refractivity contribution in [2.75, 3.05) is 6.61 Å². The zero-order valence-corrected chi connectivity index (χ0v) is 11.4. The van der Waals surface area contributed by atoms with E-state index in [0.29, 0.717) is 12.3 Å². The van der Waals surface area contributed by atoms with Crippen molar-refractivity contribution in [1.29, 1.82) is 0 Å². The molecule has 1 aromatic carbocycles. The number of benzene rings is 1. The average Bonchev–Trinajstić information content (AvgIpc) is 3.04. The van der Waals surface area contributed by atoms with E-state index in [1.54, 1.807) is 17.7 Å². The molecule has 0 saturated heterocycles. The summed E-state index contributed by atoms with van der Waals surface area (Å²) < 4.78 is 6.72. The fraction of sp³-hybridized carbons (Fsp3) is 0.200. The smallest absolute Gasteiger partial charge is 0.358 e. The molecule has 0 bridgehead atoms. The molecule has 0 radical (unpaired) electrons. The molecule has 0 fully saturated rings. The second-order valence-corrected chi connectivity index (χ2v) is 4.55. The number of rotatable bonds is 3. The van der Waals surface area contributed by atoms with E-state index >= 15 is 0 Å². The van der Waals surface area contributed by atoms with Crippen LogP contribution in [0, 0.1) is 6.92 Å². The summed E-state index contributed by atoms with van der Waals surface area (Å²) in [6, 6.07) is 9.73. The number of aryl methyl sites for hydroxylation is 1. The Hall–Kier alpha value is -2.56. The number of esters is 1. The highest BCUT2D eigenvalue weighted by Crippen LogP contribution is 2.19. The van der Waals surface area contributed by atoms with E-state index < -0.39 is 5.97 Å². The Morgan fingerprint density at radius 3 is 3.00 bits per heavy atom. The van der Waals surface area contributed by atoms with Gasteiger partial charge < -0.3 is 9.72 Å². The third-order valence-corrected chi connectivity index (χ3v) is 3.15.